The Kier molecular flexibility index (Phi) is 10.8. The van der Waals surface area contributed by atoms with Crippen molar-refractivity contribution in [1.29, 1.82) is 0 Å². The lowest BCUT2D eigenvalue weighted by Crippen LogP contribution is -2.34. The maximum atomic E-state index is 13.2. The van der Waals surface area contributed by atoms with E-state index in [1.807, 2.05) is 29.2 Å². The Bertz CT molecular complexity index is 953. The zero-order chi connectivity index (χ0) is 23.8. The molecule has 2 aromatic carbocycles. The fourth-order valence-corrected chi connectivity index (χ4v) is 4.27. The average Bonchev–Trinajstić information content (AvgIpc) is 2.99. The van der Waals surface area contributed by atoms with Gasteiger partial charge in [-0.25, -0.2) is 0 Å². The SMILES string of the molecule is COc1ccc(CCN(C)CCCN2CCCc3cc(OC)c(OC)cc3C2=O)cc1OC.Cl. The molecular weight excluding hydrogens is 456 g/mol. The highest BCUT2D eigenvalue weighted by atomic mass is 35.5. The summed E-state index contributed by atoms with van der Waals surface area (Å²) in [6, 6.07) is 9.82. The molecule has 0 bridgehead atoms. The van der Waals surface area contributed by atoms with E-state index in [0.717, 1.165) is 74.5 Å². The van der Waals surface area contributed by atoms with Crippen LogP contribution in [0.1, 0.15) is 34.3 Å². The molecule has 3 rings (SSSR count). The van der Waals surface area contributed by atoms with Crippen molar-refractivity contribution in [3.05, 3.63) is 47.0 Å². The lowest BCUT2D eigenvalue weighted by molar-refractivity contribution is 0.0754. The third-order valence-corrected chi connectivity index (χ3v) is 6.20. The number of nitrogens with zero attached hydrogens (tertiary/aromatic N) is 2. The molecule has 1 aliphatic heterocycles. The molecule has 1 amide bonds. The highest BCUT2D eigenvalue weighted by Crippen LogP contribution is 2.33. The van der Waals surface area contributed by atoms with E-state index in [0.29, 0.717) is 11.5 Å². The lowest BCUT2D eigenvalue weighted by atomic mass is 10.0. The van der Waals surface area contributed by atoms with E-state index in [2.05, 4.69) is 18.0 Å². The number of carbonyl (C=O) groups is 1. The Morgan fingerprint density at radius 3 is 2.21 bits per heavy atom. The molecule has 34 heavy (non-hydrogen) atoms. The van der Waals surface area contributed by atoms with Crippen LogP contribution in [0.5, 0.6) is 23.0 Å². The summed E-state index contributed by atoms with van der Waals surface area (Å²) in [4.78, 5) is 17.5. The first kappa shape index (κ1) is 27.6. The molecule has 0 aromatic heterocycles. The van der Waals surface area contributed by atoms with Crippen molar-refractivity contribution in [2.45, 2.75) is 25.7 Å². The predicted octanol–water partition coefficient (Wildman–Crippen LogP) is 4.10. The number of rotatable bonds is 11. The van der Waals surface area contributed by atoms with Crippen molar-refractivity contribution in [1.82, 2.24) is 9.80 Å². The maximum Gasteiger partial charge on any atom is 0.254 e. The van der Waals surface area contributed by atoms with Gasteiger partial charge in [0.05, 0.1) is 28.4 Å². The van der Waals surface area contributed by atoms with Gasteiger partial charge in [-0.1, -0.05) is 6.07 Å². The van der Waals surface area contributed by atoms with Crippen LogP contribution in [0.2, 0.25) is 0 Å². The van der Waals surface area contributed by atoms with Crippen molar-refractivity contribution >= 4 is 18.3 Å². The minimum atomic E-state index is 0. The predicted molar refractivity (Wildman–Crippen MR) is 136 cm³/mol. The van der Waals surface area contributed by atoms with Gasteiger partial charge in [0.2, 0.25) is 0 Å². The summed E-state index contributed by atoms with van der Waals surface area (Å²) in [5, 5.41) is 0. The van der Waals surface area contributed by atoms with Crippen LogP contribution >= 0.6 is 12.4 Å². The molecule has 8 heteroatoms. The third-order valence-electron chi connectivity index (χ3n) is 6.20. The number of hydrogen-bond donors (Lipinski definition) is 0. The smallest absolute Gasteiger partial charge is 0.254 e. The molecule has 0 N–H and O–H groups in total. The number of carbonyl (C=O) groups excluding carboxylic acids is 1. The maximum absolute atomic E-state index is 13.2. The molecule has 188 valence electrons. The van der Waals surface area contributed by atoms with Gasteiger partial charge in [-0.15, -0.1) is 12.4 Å². The second-order valence-corrected chi connectivity index (χ2v) is 8.36. The van der Waals surface area contributed by atoms with Crippen molar-refractivity contribution in [3.8, 4) is 23.0 Å². The number of ether oxygens (including phenoxy) is 4. The highest BCUT2D eigenvalue weighted by molar-refractivity contribution is 5.97. The van der Waals surface area contributed by atoms with Crippen molar-refractivity contribution in [3.63, 3.8) is 0 Å². The third kappa shape index (κ3) is 6.70. The van der Waals surface area contributed by atoms with Crippen LogP contribution in [0.25, 0.3) is 0 Å². The largest absolute Gasteiger partial charge is 0.493 e. The average molecular weight is 493 g/mol. The molecule has 0 aliphatic carbocycles. The van der Waals surface area contributed by atoms with Gasteiger partial charge in [-0.2, -0.15) is 0 Å². The Balaban J connectivity index is 0.00000408. The van der Waals surface area contributed by atoms with Crippen LogP contribution in [0.15, 0.2) is 30.3 Å². The fourth-order valence-electron chi connectivity index (χ4n) is 4.27. The van der Waals surface area contributed by atoms with Gasteiger partial charge in [0, 0.05) is 25.2 Å². The van der Waals surface area contributed by atoms with E-state index in [4.69, 9.17) is 18.9 Å². The number of methoxy groups -OCH3 is 4. The second kappa shape index (κ2) is 13.3. The van der Waals surface area contributed by atoms with E-state index >= 15 is 0 Å². The summed E-state index contributed by atoms with van der Waals surface area (Å²) in [6.07, 6.45) is 3.66. The van der Waals surface area contributed by atoms with E-state index < -0.39 is 0 Å². The van der Waals surface area contributed by atoms with E-state index in [9.17, 15) is 4.79 Å². The number of likely N-dealkylation sites (N-methyl/N-ethyl adjacent to an activating group) is 1. The zero-order valence-electron chi connectivity index (χ0n) is 20.9. The molecular formula is C26H37ClN2O5. The first-order chi connectivity index (χ1) is 16.0. The monoisotopic (exact) mass is 492 g/mol. The van der Waals surface area contributed by atoms with Crippen molar-refractivity contribution in [2.75, 3.05) is 61.7 Å². The van der Waals surface area contributed by atoms with E-state index in [-0.39, 0.29) is 18.3 Å². The number of aryl methyl sites for hydroxylation is 1. The van der Waals surface area contributed by atoms with Crippen LogP contribution in [-0.4, -0.2) is 77.4 Å². The van der Waals surface area contributed by atoms with Crippen molar-refractivity contribution in [2.24, 2.45) is 0 Å². The van der Waals surface area contributed by atoms with E-state index in [1.54, 1.807) is 28.4 Å². The van der Waals surface area contributed by atoms with Crippen LogP contribution in [0, 0.1) is 0 Å². The quantitative estimate of drug-likeness (QED) is 0.470. The summed E-state index contributed by atoms with van der Waals surface area (Å²) in [5.41, 5.74) is 2.97. The van der Waals surface area contributed by atoms with Gasteiger partial charge in [-0.3, -0.25) is 4.79 Å². The Morgan fingerprint density at radius 2 is 1.53 bits per heavy atom. The first-order valence-electron chi connectivity index (χ1n) is 11.4. The Labute approximate surface area is 209 Å². The van der Waals surface area contributed by atoms with Gasteiger partial charge in [0.15, 0.2) is 23.0 Å². The number of halogens is 1. The van der Waals surface area contributed by atoms with Crippen LogP contribution in [-0.2, 0) is 12.8 Å². The van der Waals surface area contributed by atoms with Gasteiger partial charge in [0.1, 0.15) is 0 Å². The molecule has 0 spiro atoms. The molecule has 2 aromatic rings. The van der Waals surface area contributed by atoms with Crippen molar-refractivity contribution < 1.29 is 23.7 Å². The van der Waals surface area contributed by atoms with Crippen LogP contribution in [0.3, 0.4) is 0 Å². The minimum Gasteiger partial charge on any atom is -0.493 e. The second-order valence-electron chi connectivity index (χ2n) is 8.36. The standard InChI is InChI=1S/C26H36N2O5.ClH/c1-27(15-11-19-9-10-22(30-2)23(16-19)31-3)12-7-14-28-13-6-8-20-17-24(32-4)25(33-5)18-21(20)26(28)29;/h9-10,16-18H,6-8,11-15H2,1-5H3;1H. The molecule has 7 nitrogen and oxygen atoms in total. The molecule has 1 aliphatic rings. The summed E-state index contributed by atoms with van der Waals surface area (Å²) >= 11 is 0. The van der Waals surface area contributed by atoms with Gasteiger partial charge >= 0.3 is 0 Å². The van der Waals surface area contributed by atoms with E-state index in [1.165, 1.54) is 5.56 Å². The topological polar surface area (TPSA) is 60.5 Å². The molecule has 0 saturated carbocycles. The van der Waals surface area contributed by atoms with Gasteiger partial charge in [0.25, 0.3) is 5.91 Å². The normalized spacial score (nSPS) is 13.1. The number of hydrogen-bond acceptors (Lipinski definition) is 6. The van der Waals surface area contributed by atoms with Crippen LogP contribution in [0.4, 0.5) is 0 Å². The molecule has 0 unspecified atom stereocenters. The highest BCUT2D eigenvalue weighted by Gasteiger charge is 2.24. The molecule has 0 saturated heterocycles. The summed E-state index contributed by atoms with van der Waals surface area (Å²) in [6.45, 7) is 3.37. The fraction of sp³-hybridized carbons (Fsp3) is 0.500. The number of fused-ring (bicyclic) bond motifs is 1. The Morgan fingerprint density at radius 1 is 0.882 bits per heavy atom. The molecule has 1 heterocycles. The summed E-state index contributed by atoms with van der Waals surface area (Å²) in [7, 11) is 8.64. The first-order valence-corrected chi connectivity index (χ1v) is 11.4. The van der Waals surface area contributed by atoms with Gasteiger partial charge in [-0.05, 0) is 74.7 Å². The Hall–Kier alpha value is -2.64. The minimum absolute atomic E-state index is 0. The van der Waals surface area contributed by atoms with Gasteiger partial charge < -0.3 is 28.7 Å². The lowest BCUT2D eigenvalue weighted by Gasteiger charge is -2.23. The molecule has 0 fully saturated rings. The van der Waals surface area contributed by atoms with Crippen LogP contribution < -0.4 is 18.9 Å². The number of amides is 1. The molecule has 0 radical (unpaired) electrons. The zero-order valence-corrected chi connectivity index (χ0v) is 21.7. The summed E-state index contributed by atoms with van der Waals surface area (Å²) in [5.74, 6) is 2.85. The number of benzene rings is 2. The summed E-state index contributed by atoms with van der Waals surface area (Å²) < 4.78 is 21.5. The molecule has 0 atom stereocenters.